The number of aryl methyl sites for hydroxylation is 5. The number of nitrogens with zero attached hydrogens (tertiary/aromatic N) is 11. The molecule has 30 nitrogen and oxygen atoms in total. The molecule has 4 atom stereocenters. The molecule has 35 heteroatoms. The molecule has 0 radical (unpaired) electrons. The number of rotatable bonds is 6. The lowest BCUT2D eigenvalue weighted by Crippen LogP contribution is -2.28. The van der Waals surface area contributed by atoms with E-state index in [4.69, 9.17) is 52.4 Å². The Kier molecular flexibility index (Phi) is 20.8. The van der Waals surface area contributed by atoms with Crippen LogP contribution in [0.15, 0.2) is 176 Å². The van der Waals surface area contributed by atoms with Crippen LogP contribution >= 0.6 is 0 Å². The standard InChI is InChI=1S/C21H18FN3O4.C21H20FN3O2.C20H17FN4O4.C20H19FN4O2.C17H13FN2O2/c1-11-5-6-23(9-11)19-15(22)8-14-18-21(19)29-17-7-13(25(27)28)3-4-16(17)24(18)10-12(2)20(14)26;1-11-5-6-24(9-11)19-15(22)8-14-18-21(19)27-17-7-13(23)3-4-16(17)25(18)10-12(2)20(14)26;1-10-8-24-15-3-2-12(25(27)28)6-16(15)29-20-17(24)13(19(10)26)7-14(21)18(20)23-5-4-11(22)9-23;1-10-8-25-15-3-2-11(22)6-16(15)27-20-17(25)13(19(10)26)7-14(21)18(20)24-5-4-12(23)9-24;1-8-7-20-13-4-3-10(19)5-14(13)22-17-9(2)12(18)6-11(15(17)20)16(8)21/h3-4,7-8,10-11H,5-6,9H2,1-2H3;3-4,7-8,10-11H,5-6,9,23H2,1-2H3;2-3,6-8,11H,4-5,9,22H2,1H3;2-3,6-8,12H,4-5,9,22-23H2,1H3;3-7H,19H2,1-2H3/t11-;;11-;;/m0.0../s1. The number of non-ortho nitro benzene ring substituents is 2. The van der Waals surface area contributed by atoms with Crippen LogP contribution in [0.5, 0.6) is 57.5 Å². The summed E-state index contributed by atoms with van der Waals surface area (Å²) in [6.45, 7) is 19.5. The van der Waals surface area contributed by atoms with Crippen LogP contribution < -0.4 is 99.1 Å². The van der Waals surface area contributed by atoms with Gasteiger partial charge in [0.2, 0.25) is 0 Å². The summed E-state index contributed by atoms with van der Waals surface area (Å²) in [5.74, 6) is 2.08. The summed E-state index contributed by atoms with van der Waals surface area (Å²) >= 11 is 0. The molecule has 4 saturated heterocycles. The first-order chi connectivity index (χ1) is 64.0. The molecule has 5 aromatic heterocycles. The molecule has 9 aliphatic rings. The zero-order chi connectivity index (χ0) is 94.2. The van der Waals surface area contributed by atoms with Gasteiger partial charge in [0.15, 0.2) is 108 Å². The maximum Gasteiger partial charge on any atom is 0.273 e. The molecule has 10 aromatic carbocycles. The molecule has 14 heterocycles. The minimum Gasteiger partial charge on any atom is -0.452 e. The summed E-state index contributed by atoms with van der Waals surface area (Å²) in [7, 11) is 0. The molecule has 9 aliphatic heterocycles. The van der Waals surface area contributed by atoms with Crippen molar-refractivity contribution < 1.29 is 55.5 Å². The number of anilines is 7. The Hall–Kier alpha value is -15.8. The molecule has 15 aromatic rings. The number of hydrogen-bond donors (Lipinski definition) is 5. The Morgan fingerprint density at radius 1 is 0.328 bits per heavy atom. The quantitative estimate of drug-likeness (QED) is 0.0447. The van der Waals surface area contributed by atoms with Gasteiger partial charge in [-0.1, -0.05) is 13.8 Å². The van der Waals surface area contributed by atoms with Gasteiger partial charge in [-0.05, 0) is 158 Å². The average Bonchev–Trinajstić information content (AvgIpc) is 0.956. The lowest BCUT2D eigenvalue weighted by molar-refractivity contribution is -0.385. The van der Waals surface area contributed by atoms with E-state index in [-0.39, 0.29) is 90.1 Å². The van der Waals surface area contributed by atoms with E-state index >= 15 is 17.6 Å². The van der Waals surface area contributed by atoms with Gasteiger partial charge < -0.3 is 94.8 Å². The van der Waals surface area contributed by atoms with Crippen molar-refractivity contribution in [3.05, 3.63) is 286 Å². The first-order valence-corrected chi connectivity index (χ1v) is 43.6. The average molecular weight is 1820 g/mol. The summed E-state index contributed by atoms with van der Waals surface area (Å²) < 4.78 is 114. The van der Waals surface area contributed by atoms with E-state index in [9.17, 15) is 48.6 Å². The molecule has 4 fully saturated rings. The summed E-state index contributed by atoms with van der Waals surface area (Å²) in [5, 5.41) is 23.8. The topological polar surface area (TPSA) is 385 Å². The Morgan fingerprint density at radius 3 is 0.821 bits per heavy atom. The second-order valence-corrected chi connectivity index (χ2v) is 35.7. The van der Waals surface area contributed by atoms with Crippen molar-refractivity contribution in [2.45, 2.75) is 93.2 Å². The van der Waals surface area contributed by atoms with E-state index in [0.29, 0.717) is 215 Å². The van der Waals surface area contributed by atoms with Gasteiger partial charge in [-0.2, -0.15) is 0 Å². The van der Waals surface area contributed by atoms with Crippen molar-refractivity contribution in [1.29, 1.82) is 0 Å². The van der Waals surface area contributed by atoms with E-state index in [0.717, 1.165) is 49.4 Å². The molecule has 0 saturated carbocycles. The summed E-state index contributed by atoms with van der Waals surface area (Å²) in [5.41, 5.74) is 40.4. The fraction of sp³-hybridized carbons (Fsp3) is 0.242. The molecule has 2 unspecified atom stereocenters. The van der Waals surface area contributed by atoms with Gasteiger partial charge in [0, 0.05) is 176 Å². The van der Waals surface area contributed by atoms with E-state index in [1.165, 1.54) is 54.6 Å². The Balaban J connectivity index is 0.000000104. The number of nitrogens with two attached hydrogens (primary N) is 5. The largest absolute Gasteiger partial charge is 0.452 e. The fourth-order valence-corrected chi connectivity index (χ4v) is 19.5. The number of nitrogen functional groups attached to an aromatic ring is 3. The summed E-state index contributed by atoms with van der Waals surface area (Å²) in [4.78, 5) is 92.2. The lowest BCUT2D eigenvalue weighted by Gasteiger charge is -2.29. The first kappa shape index (κ1) is 86.3. The molecule has 0 aliphatic carbocycles. The monoisotopic (exact) mass is 1820 g/mol. The van der Waals surface area contributed by atoms with E-state index in [2.05, 4.69) is 13.8 Å². The predicted molar refractivity (Wildman–Crippen MR) is 504 cm³/mol. The number of pyridine rings is 5. The third-order valence-corrected chi connectivity index (χ3v) is 26.2. The highest BCUT2D eigenvalue weighted by Crippen LogP contribution is 2.54. The third-order valence-electron chi connectivity index (χ3n) is 26.2. The zero-order valence-corrected chi connectivity index (χ0v) is 73.6. The second kappa shape index (κ2) is 32.4. The second-order valence-electron chi connectivity index (χ2n) is 35.7. The van der Waals surface area contributed by atoms with Crippen molar-refractivity contribution in [3.8, 4) is 85.9 Å². The van der Waals surface area contributed by atoms with Gasteiger partial charge in [0.25, 0.3) is 11.4 Å². The van der Waals surface area contributed by atoms with Gasteiger partial charge in [-0.15, -0.1) is 0 Å². The number of aromatic nitrogens is 5. The van der Waals surface area contributed by atoms with Gasteiger partial charge in [-0.3, -0.25) is 44.2 Å². The summed E-state index contributed by atoms with van der Waals surface area (Å²) in [6, 6.07) is 30.9. The minimum atomic E-state index is -0.579. The summed E-state index contributed by atoms with van der Waals surface area (Å²) in [6.07, 6.45) is 12.1. The van der Waals surface area contributed by atoms with Crippen molar-refractivity contribution >= 4 is 106 Å². The molecule has 0 bridgehead atoms. The Labute approximate surface area is 757 Å². The zero-order valence-electron chi connectivity index (χ0n) is 73.6. The van der Waals surface area contributed by atoms with Crippen molar-refractivity contribution in [1.82, 2.24) is 22.8 Å². The number of nitro benzene ring substituents is 2. The number of halogens is 5. The molecule has 24 rings (SSSR count). The van der Waals surface area contributed by atoms with Crippen LogP contribution in [0.25, 0.3) is 83.0 Å². The SMILES string of the molecule is Cc1c(F)cc2c(=O)c(C)cn3c2c1Oc1cc(N)ccc1-3.Cc1cn2c3c(c(N4CCC(C)C4)c(F)cc3c1=O)Oc1cc(N)ccc1-2.Cc1cn2c3c(c(N4CCC(N)C4)c(F)cc3c1=O)Oc1cc(N)ccc1-2.Cc1cn2c3c(c(N4CC[C@H](C)C4)c(F)cc3c1=O)Oc1cc([N+](=O)[O-])ccc1-2.Cc1cn2c3c(c(N4CC[C@H](N)C4)c(F)cc3c1=O)Oc1cc([N+](=O)[O-])ccc1-2. The number of benzene rings is 10. The Morgan fingerprint density at radius 2 is 0.567 bits per heavy atom. The maximum atomic E-state index is 15.2. The number of nitro groups is 2. The van der Waals surface area contributed by atoms with Crippen LogP contribution in [0.4, 0.5) is 73.1 Å². The van der Waals surface area contributed by atoms with Gasteiger partial charge in [0.05, 0.1) is 77.3 Å². The fourth-order valence-electron chi connectivity index (χ4n) is 19.5. The van der Waals surface area contributed by atoms with Crippen molar-refractivity contribution in [2.75, 3.05) is 89.2 Å². The van der Waals surface area contributed by atoms with Crippen LogP contribution in [0.2, 0.25) is 0 Å². The normalized spacial score (nSPS) is 16.7. The number of hydrogen-bond acceptors (Lipinski definition) is 23. The highest BCUT2D eigenvalue weighted by Gasteiger charge is 2.39. The molecule has 10 N–H and O–H groups in total. The number of fused-ring (bicyclic) bond motifs is 10. The molecular formula is C99H87F5N16O14. The minimum absolute atomic E-state index is 0.0148. The molecule has 682 valence electrons. The van der Waals surface area contributed by atoms with Crippen molar-refractivity contribution in [2.24, 2.45) is 23.3 Å². The van der Waals surface area contributed by atoms with Crippen LogP contribution in [-0.2, 0) is 0 Å². The van der Waals surface area contributed by atoms with Gasteiger partial charge in [0.1, 0.15) is 56.2 Å². The Bertz CT molecular complexity index is 7670. The van der Waals surface area contributed by atoms with Crippen LogP contribution in [0, 0.1) is 103 Å². The maximum absolute atomic E-state index is 15.2. The van der Waals surface area contributed by atoms with E-state index < -0.39 is 38.9 Å². The molecule has 0 spiro atoms. The molecule has 134 heavy (non-hydrogen) atoms. The van der Waals surface area contributed by atoms with E-state index in [1.807, 2.05) is 46.6 Å². The van der Waals surface area contributed by atoms with Crippen LogP contribution in [0.3, 0.4) is 0 Å². The lowest BCUT2D eigenvalue weighted by atomic mass is 10.0. The number of ether oxygens (including phenoxy) is 5. The first-order valence-electron chi connectivity index (χ1n) is 43.6. The smallest absolute Gasteiger partial charge is 0.273 e. The highest BCUT2D eigenvalue weighted by atomic mass is 19.1. The predicted octanol–water partition coefficient (Wildman–Crippen LogP) is 17.4. The van der Waals surface area contributed by atoms with Crippen LogP contribution in [-0.4, -0.2) is 97.1 Å². The molecule has 0 amide bonds. The molecular weight excluding hydrogens is 1730 g/mol. The van der Waals surface area contributed by atoms with Crippen molar-refractivity contribution in [3.63, 3.8) is 0 Å². The van der Waals surface area contributed by atoms with Gasteiger partial charge in [-0.25, -0.2) is 22.0 Å². The third kappa shape index (κ3) is 14.2. The van der Waals surface area contributed by atoms with Crippen LogP contribution in [0.1, 0.15) is 72.9 Å². The van der Waals surface area contributed by atoms with Gasteiger partial charge >= 0.3 is 0 Å². The van der Waals surface area contributed by atoms with E-state index in [1.54, 1.807) is 135 Å². The highest BCUT2D eigenvalue weighted by molar-refractivity contribution is 6.00.